The summed E-state index contributed by atoms with van der Waals surface area (Å²) in [7, 11) is 0. The number of benzene rings is 2. The highest BCUT2D eigenvalue weighted by Gasteiger charge is 2.71. The van der Waals surface area contributed by atoms with E-state index in [1.165, 1.54) is 0 Å². The van der Waals surface area contributed by atoms with Crippen molar-refractivity contribution in [2.24, 2.45) is 0 Å². The predicted molar refractivity (Wildman–Crippen MR) is 146 cm³/mol. The Labute approximate surface area is 246 Å². The number of hydrogen-bond donors (Lipinski definition) is 2. The number of imide groups is 1. The summed E-state index contributed by atoms with van der Waals surface area (Å²) in [5.41, 5.74) is -6.88. The molecule has 2 aromatic rings. The summed E-state index contributed by atoms with van der Waals surface area (Å²) in [6.07, 6.45) is -9.63. The number of nitrogens with one attached hydrogen (secondary N) is 1. The van der Waals surface area contributed by atoms with Crippen molar-refractivity contribution >= 4 is 11.9 Å². The molecular weight excluding hydrogens is 582 g/mol. The first-order valence-electron chi connectivity index (χ1n) is 14.2. The van der Waals surface area contributed by atoms with Crippen molar-refractivity contribution in [1.29, 1.82) is 0 Å². The van der Waals surface area contributed by atoms with Crippen LogP contribution in [0, 0.1) is 0 Å². The minimum atomic E-state index is -5.99. The minimum Gasteiger partial charge on any atom is -0.494 e. The van der Waals surface area contributed by atoms with Gasteiger partial charge in [-0.3, -0.25) is 9.69 Å². The lowest BCUT2D eigenvalue weighted by Gasteiger charge is -2.33. The van der Waals surface area contributed by atoms with E-state index in [0.717, 1.165) is 17.4 Å². The molecule has 3 amide bonds. The summed E-state index contributed by atoms with van der Waals surface area (Å²) < 4.78 is 91.3. The Balaban J connectivity index is 1.64. The number of urea groups is 1. The molecule has 1 heterocycles. The van der Waals surface area contributed by atoms with Gasteiger partial charge in [-0.05, 0) is 67.5 Å². The molecular formula is C30H36F6N2O5. The van der Waals surface area contributed by atoms with Gasteiger partial charge in [-0.15, -0.1) is 0 Å². The van der Waals surface area contributed by atoms with Gasteiger partial charge in [-0.25, -0.2) is 4.79 Å². The van der Waals surface area contributed by atoms with E-state index in [1.807, 2.05) is 6.92 Å². The van der Waals surface area contributed by atoms with Gasteiger partial charge in [0, 0.05) is 12.1 Å². The van der Waals surface area contributed by atoms with E-state index in [9.17, 15) is 41.0 Å². The molecule has 2 aromatic carbocycles. The predicted octanol–water partition coefficient (Wildman–Crippen LogP) is 6.76. The van der Waals surface area contributed by atoms with Crippen molar-refractivity contribution in [2.75, 3.05) is 19.8 Å². The van der Waals surface area contributed by atoms with Gasteiger partial charge in [0.25, 0.3) is 11.5 Å². The average molecular weight is 619 g/mol. The molecule has 0 aromatic heterocycles. The highest BCUT2D eigenvalue weighted by atomic mass is 19.4. The van der Waals surface area contributed by atoms with Crippen LogP contribution in [-0.2, 0) is 22.4 Å². The molecule has 0 spiro atoms. The number of hydrogen-bond acceptors (Lipinski definition) is 5. The maximum Gasteiger partial charge on any atom is 0.430 e. The second-order valence-corrected chi connectivity index (χ2v) is 10.4. The van der Waals surface area contributed by atoms with Gasteiger partial charge < -0.3 is 19.9 Å². The maximum atomic E-state index is 13.4. The summed E-state index contributed by atoms with van der Waals surface area (Å²) in [6, 6.07) is 8.63. The van der Waals surface area contributed by atoms with E-state index in [0.29, 0.717) is 55.7 Å². The molecule has 0 bridgehead atoms. The third kappa shape index (κ3) is 6.86. The zero-order valence-electron chi connectivity index (χ0n) is 24.2. The Kier molecular flexibility index (Phi) is 10.6. The van der Waals surface area contributed by atoms with Crippen LogP contribution < -0.4 is 14.8 Å². The molecule has 0 saturated carbocycles. The number of carbonyl (C=O) groups is 2. The van der Waals surface area contributed by atoms with Crippen LogP contribution in [0.5, 0.6) is 11.5 Å². The molecule has 0 aliphatic carbocycles. The first kappa shape index (κ1) is 34.0. The zero-order valence-corrected chi connectivity index (χ0v) is 24.2. The van der Waals surface area contributed by atoms with Crippen LogP contribution in [0.25, 0.3) is 0 Å². The highest BCUT2D eigenvalue weighted by Crippen LogP contribution is 2.50. The number of amides is 3. The van der Waals surface area contributed by atoms with Gasteiger partial charge in [-0.2, -0.15) is 26.3 Å². The van der Waals surface area contributed by atoms with Gasteiger partial charge in [0.1, 0.15) is 17.0 Å². The van der Waals surface area contributed by atoms with Crippen LogP contribution in [0.4, 0.5) is 31.1 Å². The summed E-state index contributed by atoms with van der Waals surface area (Å²) >= 11 is 0. The molecule has 13 heteroatoms. The fourth-order valence-corrected chi connectivity index (χ4v) is 4.98. The molecule has 2 N–H and O–H groups in total. The molecule has 43 heavy (non-hydrogen) atoms. The van der Waals surface area contributed by atoms with Crippen LogP contribution in [-0.4, -0.2) is 54.1 Å². The van der Waals surface area contributed by atoms with Crippen LogP contribution in [0.15, 0.2) is 42.5 Å². The topological polar surface area (TPSA) is 88.1 Å². The Morgan fingerprint density at radius 1 is 0.860 bits per heavy atom. The number of unbranched alkanes of at least 4 members (excludes halogenated alkanes) is 1. The molecule has 1 atom stereocenters. The molecule has 1 unspecified atom stereocenters. The second kappa shape index (κ2) is 13.4. The second-order valence-electron chi connectivity index (χ2n) is 10.4. The third-order valence-electron chi connectivity index (χ3n) is 7.38. The van der Waals surface area contributed by atoms with Crippen LogP contribution in [0.2, 0.25) is 0 Å². The minimum absolute atomic E-state index is 0.0284. The number of alkyl halides is 6. The number of rotatable bonds is 14. The fourth-order valence-electron chi connectivity index (χ4n) is 4.98. The molecule has 1 aliphatic rings. The van der Waals surface area contributed by atoms with Crippen LogP contribution in [0.1, 0.15) is 69.6 Å². The van der Waals surface area contributed by atoms with Crippen molar-refractivity contribution in [1.82, 2.24) is 10.2 Å². The molecule has 238 valence electrons. The number of aryl methyl sites for hydroxylation is 1. The highest BCUT2D eigenvalue weighted by molar-refractivity contribution is 6.07. The summed E-state index contributed by atoms with van der Waals surface area (Å²) in [4.78, 5) is 27.3. The SMILES string of the molecule is CCCOc1ccc(C2(CC)NC(=O)N(CCCCOc3ccc(C(O)(C(F)(F)F)C(F)(F)F)cc3CCC)C2=O)cc1. The molecule has 0 radical (unpaired) electrons. The van der Waals surface area contributed by atoms with Crippen molar-refractivity contribution in [3.05, 3.63) is 59.2 Å². The molecule has 3 rings (SSSR count). The Morgan fingerprint density at radius 3 is 2.07 bits per heavy atom. The number of carbonyl (C=O) groups excluding carboxylic acids is 2. The van der Waals surface area contributed by atoms with E-state index in [1.54, 1.807) is 38.1 Å². The molecule has 7 nitrogen and oxygen atoms in total. The lowest BCUT2D eigenvalue weighted by atomic mass is 9.87. The van der Waals surface area contributed by atoms with Gasteiger partial charge in [0.05, 0.1) is 13.2 Å². The Bertz CT molecular complexity index is 1250. The van der Waals surface area contributed by atoms with Crippen molar-refractivity contribution in [3.63, 3.8) is 0 Å². The number of ether oxygens (including phenoxy) is 2. The molecule has 1 saturated heterocycles. The molecule has 1 fully saturated rings. The van der Waals surface area contributed by atoms with E-state index < -0.39 is 41.0 Å². The quantitative estimate of drug-likeness (QED) is 0.139. The third-order valence-corrected chi connectivity index (χ3v) is 7.38. The van der Waals surface area contributed by atoms with Crippen molar-refractivity contribution < 1.29 is 50.5 Å². The lowest BCUT2D eigenvalue weighted by molar-refractivity contribution is -0.376. The monoisotopic (exact) mass is 618 g/mol. The van der Waals surface area contributed by atoms with Gasteiger partial charge in [-0.1, -0.05) is 45.4 Å². The standard InChI is InChI=1S/C30H36F6N2O5/c1-4-9-20-19-22(28(41,29(31,32)33)30(34,35)36)12-15-24(20)43-18-8-7-16-38-25(39)27(6-3,37-26(38)40)21-10-13-23(14-11-21)42-17-5-2/h10-15,19,41H,4-9,16-18H2,1-3H3,(H,37,40). The maximum absolute atomic E-state index is 13.4. The molecule has 1 aliphatic heterocycles. The fraction of sp³-hybridized carbons (Fsp3) is 0.533. The number of halogens is 6. The van der Waals surface area contributed by atoms with Crippen LogP contribution in [0.3, 0.4) is 0 Å². The van der Waals surface area contributed by atoms with E-state index >= 15 is 0 Å². The first-order valence-corrected chi connectivity index (χ1v) is 14.2. The Morgan fingerprint density at radius 2 is 1.51 bits per heavy atom. The van der Waals surface area contributed by atoms with Gasteiger partial charge >= 0.3 is 18.4 Å². The van der Waals surface area contributed by atoms with Crippen LogP contribution >= 0.6 is 0 Å². The first-order chi connectivity index (χ1) is 20.2. The number of aliphatic hydroxyl groups is 1. The normalized spacial score (nSPS) is 17.8. The zero-order chi connectivity index (χ0) is 32.1. The summed E-state index contributed by atoms with van der Waals surface area (Å²) in [5.74, 6) is 0.341. The Hall–Kier alpha value is -3.48. The van der Waals surface area contributed by atoms with E-state index in [4.69, 9.17) is 9.47 Å². The number of nitrogens with zero attached hydrogens (tertiary/aromatic N) is 1. The average Bonchev–Trinajstić information content (AvgIpc) is 3.20. The van der Waals surface area contributed by atoms with Gasteiger partial charge in [0.15, 0.2) is 0 Å². The summed E-state index contributed by atoms with van der Waals surface area (Å²) in [6.45, 7) is 6.13. The largest absolute Gasteiger partial charge is 0.494 e. The van der Waals surface area contributed by atoms with Gasteiger partial charge in [0.2, 0.25) is 0 Å². The smallest absolute Gasteiger partial charge is 0.430 e. The van der Waals surface area contributed by atoms with Crippen molar-refractivity contribution in [2.45, 2.75) is 82.8 Å². The summed E-state index contributed by atoms with van der Waals surface area (Å²) in [5, 5.41) is 12.5. The van der Waals surface area contributed by atoms with E-state index in [2.05, 4.69) is 5.32 Å². The van der Waals surface area contributed by atoms with E-state index in [-0.39, 0.29) is 30.9 Å². The van der Waals surface area contributed by atoms with Crippen molar-refractivity contribution in [3.8, 4) is 11.5 Å². The lowest BCUT2D eigenvalue weighted by Crippen LogP contribution is -2.53.